The molecule has 0 aromatic carbocycles. The molecule has 4 aromatic rings. The molecule has 0 radical (unpaired) electrons. The Morgan fingerprint density at radius 3 is 2.59 bits per heavy atom. The van der Waals surface area contributed by atoms with Crippen LogP contribution in [0.5, 0.6) is 0 Å². The summed E-state index contributed by atoms with van der Waals surface area (Å²) < 4.78 is 8.96. The summed E-state index contributed by atoms with van der Waals surface area (Å²) in [6, 6.07) is 9.26. The van der Waals surface area contributed by atoms with Crippen LogP contribution in [0, 0.1) is 0 Å². The van der Waals surface area contributed by atoms with Crippen LogP contribution in [0.3, 0.4) is 0 Å². The van der Waals surface area contributed by atoms with Gasteiger partial charge in [0.15, 0.2) is 5.13 Å². The number of carbonyl (C=O) groups excluding carboxylic acids is 2. The van der Waals surface area contributed by atoms with Crippen molar-refractivity contribution < 1.29 is 14.3 Å². The molecule has 11 heteroatoms. The van der Waals surface area contributed by atoms with Crippen molar-refractivity contribution in [3.8, 4) is 22.8 Å². The van der Waals surface area contributed by atoms with Crippen LogP contribution >= 0.6 is 11.3 Å². The summed E-state index contributed by atoms with van der Waals surface area (Å²) in [7, 11) is 1.85. The molecule has 1 aliphatic rings. The predicted molar refractivity (Wildman–Crippen MR) is 127 cm³/mol. The highest BCUT2D eigenvalue weighted by Gasteiger charge is 2.35. The van der Waals surface area contributed by atoms with Crippen molar-refractivity contribution in [3.63, 3.8) is 0 Å². The summed E-state index contributed by atoms with van der Waals surface area (Å²) in [5.74, 6) is -0.670. The Morgan fingerprint density at radius 1 is 1.09 bits per heavy atom. The third kappa shape index (κ3) is 4.47. The maximum Gasteiger partial charge on any atom is 0.253 e. The van der Waals surface area contributed by atoms with Gasteiger partial charge in [0.05, 0.1) is 42.2 Å². The van der Waals surface area contributed by atoms with Crippen LogP contribution in [0.1, 0.15) is 17.3 Å². The monoisotopic (exact) mass is 477 g/mol. The zero-order valence-electron chi connectivity index (χ0n) is 18.7. The quantitative estimate of drug-likeness (QED) is 0.423. The van der Waals surface area contributed by atoms with Crippen LogP contribution < -0.4 is 10.6 Å². The van der Waals surface area contributed by atoms with Gasteiger partial charge in [-0.1, -0.05) is 6.07 Å². The van der Waals surface area contributed by atoms with Crippen LogP contribution in [0.25, 0.3) is 22.8 Å². The maximum absolute atomic E-state index is 12.4. The van der Waals surface area contributed by atoms with Gasteiger partial charge in [0.2, 0.25) is 5.91 Å². The number of pyridine rings is 1. The SMILES string of the molecule is Cn1ccc(-c2cccc(-c3csc(NC(=O)CNC(=O)c4ccn(C5(C)COC5)c4)n3)n2)n1. The van der Waals surface area contributed by atoms with Gasteiger partial charge in [-0.2, -0.15) is 5.10 Å². The standard InChI is InChI=1S/C23H23N7O3S/c1-23(13-33-14-23)30-9-6-15(11-30)21(32)24-10-20(31)27-22-26-19(12-34-22)17-5-3-4-16(25-17)18-7-8-29(2)28-18/h3-9,11-12H,10,13-14H2,1-2H3,(H,24,32)(H,26,27,31). The van der Waals surface area contributed by atoms with Gasteiger partial charge in [-0.3, -0.25) is 14.3 Å². The van der Waals surface area contributed by atoms with Crippen molar-refractivity contribution in [2.75, 3.05) is 25.1 Å². The Hall–Kier alpha value is -3.83. The molecule has 0 aliphatic carbocycles. The highest BCUT2D eigenvalue weighted by molar-refractivity contribution is 7.14. The van der Waals surface area contributed by atoms with E-state index in [4.69, 9.17) is 4.74 Å². The number of carbonyl (C=O) groups is 2. The van der Waals surface area contributed by atoms with E-state index in [0.717, 1.165) is 11.4 Å². The van der Waals surface area contributed by atoms with Gasteiger partial charge >= 0.3 is 0 Å². The molecular weight excluding hydrogens is 454 g/mol. The largest absolute Gasteiger partial charge is 0.376 e. The Morgan fingerprint density at radius 2 is 1.88 bits per heavy atom. The summed E-state index contributed by atoms with van der Waals surface area (Å²) in [5, 5.41) is 12.0. The Bertz CT molecular complexity index is 1350. The average molecular weight is 478 g/mol. The van der Waals surface area contributed by atoms with Crippen LogP contribution in [0.4, 0.5) is 5.13 Å². The molecule has 1 fully saturated rings. The lowest BCUT2D eigenvalue weighted by Crippen LogP contribution is -2.48. The van der Waals surface area contributed by atoms with Crippen LogP contribution in [0.15, 0.2) is 54.3 Å². The van der Waals surface area contributed by atoms with Crippen molar-refractivity contribution in [2.45, 2.75) is 12.5 Å². The molecule has 0 unspecified atom stereocenters. The molecule has 1 aliphatic heterocycles. The predicted octanol–water partition coefficient (Wildman–Crippen LogP) is 2.52. The van der Waals surface area contributed by atoms with Crippen LogP contribution in [-0.4, -0.2) is 55.9 Å². The number of thiazole rings is 1. The van der Waals surface area contributed by atoms with Crippen molar-refractivity contribution in [1.82, 2.24) is 29.6 Å². The number of amides is 2. The molecule has 0 bridgehead atoms. The molecular formula is C23H23N7O3S. The zero-order valence-corrected chi connectivity index (χ0v) is 19.5. The lowest BCUT2D eigenvalue weighted by molar-refractivity contribution is -0.115. The van der Waals surface area contributed by atoms with Crippen LogP contribution in [-0.2, 0) is 22.1 Å². The molecule has 0 saturated carbocycles. The normalized spacial score (nSPS) is 14.4. The number of anilines is 1. The molecule has 4 aromatic heterocycles. The number of nitrogens with one attached hydrogen (secondary N) is 2. The average Bonchev–Trinajstić information content (AvgIpc) is 3.57. The summed E-state index contributed by atoms with van der Waals surface area (Å²) in [4.78, 5) is 33.9. The van der Waals surface area contributed by atoms with E-state index in [-0.39, 0.29) is 23.9 Å². The summed E-state index contributed by atoms with van der Waals surface area (Å²) in [6.45, 7) is 3.14. The van der Waals surface area contributed by atoms with Crippen LogP contribution in [0.2, 0.25) is 0 Å². The minimum absolute atomic E-state index is 0.121. The topological polar surface area (TPSA) is 116 Å². The Kier molecular flexibility index (Phi) is 5.72. The van der Waals surface area contributed by atoms with E-state index in [1.807, 2.05) is 53.7 Å². The first kappa shape index (κ1) is 22.0. The minimum atomic E-state index is -0.358. The van der Waals surface area contributed by atoms with Crippen molar-refractivity contribution >= 4 is 28.3 Å². The van der Waals surface area contributed by atoms with Crippen molar-refractivity contribution in [1.29, 1.82) is 0 Å². The number of aromatic nitrogens is 5. The Balaban J connectivity index is 1.17. The molecule has 10 nitrogen and oxygen atoms in total. The summed E-state index contributed by atoms with van der Waals surface area (Å²) in [6.07, 6.45) is 5.48. The second-order valence-electron chi connectivity index (χ2n) is 8.35. The molecule has 5 rings (SSSR count). The molecule has 174 valence electrons. The first-order valence-corrected chi connectivity index (χ1v) is 11.5. The first-order chi connectivity index (χ1) is 16.4. The van der Waals surface area contributed by atoms with Gasteiger partial charge in [0, 0.05) is 31.0 Å². The van der Waals surface area contributed by atoms with Gasteiger partial charge in [-0.25, -0.2) is 9.97 Å². The molecule has 0 atom stereocenters. The molecule has 0 spiro atoms. The zero-order chi connectivity index (χ0) is 23.7. The minimum Gasteiger partial charge on any atom is -0.376 e. The lowest BCUT2D eigenvalue weighted by atomic mass is 10.0. The second kappa shape index (κ2) is 8.84. The number of rotatable bonds is 7. The van der Waals surface area contributed by atoms with E-state index in [9.17, 15) is 9.59 Å². The smallest absolute Gasteiger partial charge is 0.253 e. The third-order valence-electron chi connectivity index (χ3n) is 5.55. The fourth-order valence-corrected chi connectivity index (χ4v) is 4.28. The van der Waals surface area contributed by atoms with Crippen molar-refractivity contribution in [3.05, 3.63) is 59.9 Å². The fourth-order valence-electron chi connectivity index (χ4n) is 3.56. The first-order valence-electron chi connectivity index (χ1n) is 10.7. The molecule has 5 heterocycles. The third-order valence-corrected chi connectivity index (χ3v) is 6.31. The number of hydrogen-bond donors (Lipinski definition) is 2. The van der Waals surface area contributed by atoms with Gasteiger partial charge in [-0.15, -0.1) is 11.3 Å². The number of ether oxygens (including phenoxy) is 1. The Labute approximate surface area is 199 Å². The molecule has 34 heavy (non-hydrogen) atoms. The maximum atomic E-state index is 12.4. The summed E-state index contributed by atoms with van der Waals surface area (Å²) in [5.41, 5.74) is 3.22. The molecule has 2 N–H and O–H groups in total. The highest BCUT2D eigenvalue weighted by Crippen LogP contribution is 2.27. The number of nitrogens with zero attached hydrogens (tertiary/aromatic N) is 5. The van der Waals surface area contributed by atoms with E-state index in [1.165, 1.54) is 11.3 Å². The number of hydrogen-bond acceptors (Lipinski definition) is 7. The molecule has 2 amide bonds. The van der Waals surface area contributed by atoms with E-state index < -0.39 is 0 Å². The highest BCUT2D eigenvalue weighted by atomic mass is 32.1. The summed E-state index contributed by atoms with van der Waals surface area (Å²) >= 11 is 1.29. The molecule has 1 saturated heterocycles. The fraction of sp³-hybridized carbons (Fsp3) is 0.261. The van der Waals surface area contributed by atoms with Gasteiger partial charge in [0.1, 0.15) is 11.4 Å². The van der Waals surface area contributed by atoms with E-state index >= 15 is 0 Å². The van der Waals surface area contributed by atoms with E-state index in [0.29, 0.717) is 35.3 Å². The van der Waals surface area contributed by atoms with E-state index in [2.05, 4.69) is 32.6 Å². The number of aryl methyl sites for hydroxylation is 1. The van der Waals surface area contributed by atoms with Gasteiger partial charge in [-0.05, 0) is 31.2 Å². The second-order valence-corrected chi connectivity index (χ2v) is 9.21. The van der Waals surface area contributed by atoms with Gasteiger partial charge < -0.3 is 19.9 Å². The van der Waals surface area contributed by atoms with E-state index in [1.54, 1.807) is 16.9 Å². The lowest BCUT2D eigenvalue weighted by Gasteiger charge is -2.39. The van der Waals surface area contributed by atoms with Gasteiger partial charge in [0.25, 0.3) is 5.91 Å². The van der Waals surface area contributed by atoms with Crippen molar-refractivity contribution in [2.24, 2.45) is 7.05 Å².